The van der Waals surface area contributed by atoms with E-state index in [1.807, 2.05) is 6.07 Å². The number of nitrogens with zero attached hydrogens (tertiary/aromatic N) is 1. The minimum Gasteiger partial charge on any atom is -0.480 e. The molecule has 4 nitrogen and oxygen atoms in total. The number of amides is 1. The van der Waals surface area contributed by atoms with Gasteiger partial charge in [-0.2, -0.15) is 0 Å². The first-order valence-electron chi connectivity index (χ1n) is 6.95. The second-order valence-electron chi connectivity index (χ2n) is 4.92. The van der Waals surface area contributed by atoms with Crippen LogP contribution < -0.4 is 10.1 Å². The zero-order valence-corrected chi connectivity index (χ0v) is 15.1. The van der Waals surface area contributed by atoms with Gasteiger partial charge in [-0.3, -0.25) is 9.78 Å². The van der Waals surface area contributed by atoms with Crippen molar-refractivity contribution >= 4 is 56.7 Å². The van der Waals surface area contributed by atoms with Gasteiger partial charge in [-0.05, 0) is 59.0 Å². The molecule has 1 amide bonds. The van der Waals surface area contributed by atoms with Gasteiger partial charge in [0.2, 0.25) is 0 Å². The Morgan fingerprint density at radius 2 is 2.12 bits per heavy atom. The smallest absolute Gasteiger partial charge is 0.262 e. The molecule has 0 aliphatic rings. The van der Waals surface area contributed by atoms with Crippen LogP contribution in [0.15, 0.2) is 48.7 Å². The molecule has 0 aliphatic heterocycles. The van der Waals surface area contributed by atoms with Gasteiger partial charge < -0.3 is 10.1 Å². The maximum Gasteiger partial charge on any atom is 0.262 e. The molecule has 0 saturated heterocycles. The van der Waals surface area contributed by atoms with Gasteiger partial charge in [-0.1, -0.05) is 17.7 Å². The summed E-state index contributed by atoms with van der Waals surface area (Å²) in [6.07, 6.45) is 1.63. The largest absolute Gasteiger partial charge is 0.480 e. The van der Waals surface area contributed by atoms with Crippen molar-refractivity contribution in [3.8, 4) is 5.75 Å². The van der Waals surface area contributed by atoms with Crippen LogP contribution in [0.25, 0.3) is 10.9 Å². The summed E-state index contributed by atoms with van der Waals surface area (Å²) in [5.74, 6) is -0.323. The van der Waals surface area contributed by atoms with Crippen molar-refractivity contribution in [2.75, 3.05) is 11.9 Å². The first-order valence-corrected chi connectivity index (χ1v) is 8.41. The maximum absolute atomic E-state index is 13.1. The number of pyridine rings is 1. The van der Waals surface area contributed by atoms with Gasteiger partial charge in [0, 0.05) is 17.3 Å². The topological polar surface area (TPSA) is 51.2 Å². The average Bonchev–Trinajstić information content (AvgIpc) is 2.54. The quantitative estimate of drug-likeness (QED) is 0.582. The van der Waals surface area contributed by atoms with Crippen LogP contribution in [0.4, 0.5) is 10.1 Å². The van der Waals surface area contributed by atoms with E-state index in [2.05, 4.69) is 32.9 Å². The first-order chi connectivity index (χ1) is 11.5. The summed E-state index contributed by atoms with van der Waals surface area (Å²) < 4.78 is 19.5. The number of carbonyl (C=O) groups excluding carboxylic acids is 1. The van der Waals surface area contributed by atoms with Gasteiger partial charge in [0.1, 0.15) is 11.3 Å². The predicted molar refractivity (Wildman–Crippen MR) is 100.0 cm³/mol. The molecule has 122 valence electrons. The Balaban J connectivity index is 1.77. The van der Waals surface area contributed by atoms with Gasteiger partial charge in [0.05, 0.1) is 8.59 Å². The average molecular weight is 457 g/mol. The molecule has 0 saturated carbocycles. The molecular weight excluding hydrogens is 446 g/mol. The number of ether oxygens (including phenoxy) is 1. The van der Waals surface area contributed by atoms with Crippen LogP contribution in [-0.2, 0) is 4.79 Å². The maximum atomic E-state index is 13.1. The molecule has 2 aromatic carbocycles. The van der Waals surface area contributed by atoms with Crippen LogP contribution in [0.5, 0.6) is 5.75 Å². The van der Waals surface area contributed by atoms with E-state index in [1.54, 1.807) is 24.4 Å². The first kappa shape index (κ1) is 16.9. The summed E-state index contributed by atoms with van der Waals surface area (Å²) in [7, 11) is 0. The number of fused-ring (bicyclic) bond motifs is 1. The molecule has 0 atom stereocenters. The zero-order chi connectivity index (χ0) is 17.1. The van der Waals surface area contributed by atoms with Crippen LogP contribution >= 0.6 is 34.2 Å². The van der Waals surface area contributed by atoms with Crippen molar-refractivity contribution in [1.82, 2.24) is 4.98 Å². The number of halogens is 3. The third kappa shape index (κ3) is 3.76. The van der Waals surface area contributed by atoms with Crippen LogP contribution in [0.2, 0.25) is 5.02 Å². The molecule has 3 aromatic rings. The lowest BCUT2D eigenvalue weighted by atomic mass is 10.2. The van der Waals surface area contributed by atoms with Crippen molar-refractivity contribution in [3.63, 3.8) is 0 Å². The summed E-state index contributed by atoms with van der Waals surface area (Å²) in [4.78, 5) is 16.3. The van der Waals surface area contributed by atoms with E-state index in [0.29, 0.717) is 22.0 Å². The third-order valence-electron chi connectivity index (χ3n) is 3.21. The number of hydrogen-bond acceptors (Lipinski definition) is 3. The number of aromatic nitrogens is 1. The van der Waals surface area contributed by atoms with Crippen LogP contribution in [0, 0.1) is 9.39 Å². The lowest BCUT2D eigenvalue weighted by molar-refractivity contribution is -0.118. The summed E-state index contributed by atoms with van der Waals surface area (Å²) in [5.41, 5.74) is 0.963. The van der Waals surface area contributed by atoms with Crippen LogP contribution in [-0.4, -0.2) is 17.5 Å². The van der Waals surface area contributed by atoms with Crippen molar-refractivity contribution in [3.05, 3.63) is 63.1 Å². The Hall–Kier alpha value is -1.93. The number of hydrogen-bond donors (Lipinski definition) is 1. The van der Waals surface area contributed by atoms with Gasteiger partial charge in [-0.15, -0.1) is 0 Å². The van der Waals surface area contributed by atoms with Crippen LogP contribution in [0.3, 0.4) is 0 Å². The Morgan fingerprint density at radius 3 is 2.92 bits per heavy atom. The standard InChI is InChI=1S/C17H11ClFIN2O2/c18-13-8-14(20)17(16-12(13)5-2-6-21-16)24-9-15(23)22-11-4-1-3-10(19)7-11/h1-8H,9H2,(H,22,23). The molecule has 0 radical (unpaired) electrons. The fourth-order valence-electron chi connectivity index (χ4n) is 2.18. The van der Waals surface area contributed by atoms with Crippen molar-refractivity contribution in [2.45, 2.75) is 0 Å². The number of rotatable bonds is 4. The minimum atomic E-state index is -0.420. The molecule has 7 heteroatoms. The summed E-state index contributed by atoms with van der Waals surface area (Å²) in [5, 5.41) is 3.90. The highest BCUT2D eigenvalue weighted by Gasteiger charge is 2.13. The lowest BCUT2D eigenvalue weighted by Gasteiger charge is -2.12. The van der Waals surface area contributed by atoms with Crippen molar-refractivity contribution in [2.24, 2.45) is 0 Å². The summed E-state index contributed by atoms with van der Waals surface area (Å²) in [6.45, 7) is -0.222. The van der Waals surface area contributed by atoms with Crippen molar-refractivity contribution in [1.29, 1.82) is 0 Å². The van der Waals surface area contributed by atoms with Gasteiger partial charge in [0.15, 0.2) is 12.4 Å². The number of nitrogens with one attached hydrogen (secondary N) is 1. The second kappa shape index (κ2) is 7.31. The Labute approximate surface area is 156 Å². The van der Waals surface area contributed by atoms with Gasteiger partial charge in [0.25, 0.3) is 5.91 Å². The molecule has 1 N–H and O–H groups in total. The van der Waals surface area contributed by atoms with E-state index in [0.717, 1.165) is 8.96 Å². The minimum absolute atomic E-state index is 0.222. The molecule has 24 heavy (non-hydrogen) atoms. The molecule has 1 aromatic heterocycles. The highest BCUT2D eigenvalue weighted by Crippen LogP contribution is 2.34. The fraction of sp³-hybridized carbons (Fsp3) is 0.0588. The number of carbonyl (C=O) groups is 1. The Bertz CT molecular complexity index is 920. The molecule has 1 heterocycles. The third-order valence-corrected chi connectivity index (χ3v) is 4.32. The highest BCUT2D eigenvalue weighted by molar-refractivity contribution is 14.1. The molecule has 0 unspecified atom stereocenters. The van der Waals surface area contributed by atoms with E-state index in [4.69, 9.17) is 16.3 Å². The normalized spacial score (nSPS) is 10.6. The SMILES string of the molecule is O=C(COc1c(I)cc(Cl)c2cccnc12)Nc1cccc(F)c1. The Morgan fingerprint density at radius 1 is 1.29 bits per heavy atom. The molecule has 0 fully saturated rings. The second-order valence-corrected chi connectivity index (χ2v) is 6.49. The van der Waals surface area contributed by atoms with Gasteiger partial charge in [-0.25, -0.2) is 4.39 Å². The number of benzene rings is 2. The molecule has 0 aliphatic carbocycles. The van der Waals surface area contributed by atoms with E-state index < -0.39 is 11.7 Å². The lowest BCUT2D eigenvalue weighted by Crippen LogP contribution is -2.20. The molecule has 0 spiro atoms. The molecule has 3 rings (SSSR count). The molecule has 0 bridgehead atoms. The van der Waals surface area contributed by atoms with Gasteiger partial charge >= 0.3 is 0 Å². The predicted octanol–water partition coefficient (Wildman–Crippen LogP) is 4.65. The van der Waals surface area contributed by atoms with E-state index in [-0.39, 0.29) is 6.61 Å². The number of anilines is 1. The summed E-state index contributed by atoms with van der Waals surface area (Å²) >= 11 is 8.28. The van der Waals surface area contributed by atoms with Crippen LogP contribution in [0.1, 0.15) is 0 Å². The molecular formula is C17H11ClFIN2O2. The van der Waals surface area contributed by atoms with E-state index >= 15 is 0 Å². The zero-order valence-electron chi connectivity index (χ0n) is 12.2. The van der Waals surface area contributed by atoms with Crippen molar-refractivity contribution < 1.29 is 13.9 Å². The van der Waals surface area contributed by atoms with E-state index in [1.165, 1.54) is 18.2 Å². The fourth-order valence-corrected chi connectivity index (χ4v) is 3.35. The monoisotopic (exact) mass is 456 g/mol. The highest BCUT2D eigenvalue weighted by atomic mass is 127. The van der Waals surface area contributed by atoms with E-state index in [9.17, 15) is 9.18 Å². The summed E-state index contributed by atoms with van der Waals surface area (Å²) in [6, 6.07) is 11.0. The Kier molecular flexibility index (Phi) is 5.15.